The highest BCUT2D eigenvalue weighted by molar-refractivity contribution is 5.83. The maximum Gasteiger partial charge on any atom is 0.375 e. The molecule has 0 aliphatic rings. The van der Waals surface area contributed by atoms with E-state index < -0.39 is 5.97 Å². The van der Waals surface area contributed by atoms with Crippen molar-refractivity contribution in [3.05, 3.63) is 35.9 Å². The van der Waals surface area contributed by atoms with Crippen molar-refractivity contribution < 1.29 is 14.6 Å². The average molecular weight is 275 g/mol. The fraction of sp³-hybridized carbons (Fsp3) is 0.357. The van der Waals surface area contributed by atoms with Crippen LogP contribution in [0.3, 0.4) is 0 Å². The first-order valence-electron chi connectivity index (χ1n) is 6.46. The molecular weight excluding hydrogens is 258 g/mol. The molecule has 6 heteroatoms. The van der Waals surface area contributed by atoms with E-state index in [9.17, 15) is 4.79 Å². The highest BCUT2D eigenvalue weighted by Gasteiger charge is 2.18. The number of aromatic carboxylic acids is 1. The van der Waals surface area contributed by atoms with Gasteiger partial charge in [0.15, 0.2) is 0 Å². The lowest BCUT2D eigenvalue weighted by Gasteiger charge is -2.09. The van der Waals surface area contributed by atoms with Gasteiger partial charge in [-0.1, -0.05) is 13.8 Å². The second kappa shape index (κ2) is 5.73. The summed E-state index contributed by atoms with van der Waals surface area (Å²) in [6, 6.07) is 7.31. The Bertz CT molecular complexity index is 603. The van der Waals surface area contributed by atoms with E-state index in [1.165, 1.54) is 0 Å². The SMILES string of the molecule is CCOc1ccc(-n2nc(C(=O)O)nc2C(C)C)cc1. The van der Waals surface area contributed by atoms with Crippen molar-refractivity contribution in [1.29, 1.82) is 0 Å². The highest BCUT2D eigenvalue weighted by atomic mass is 16.5. The Labute approximate surface area is 117 Å². The molecule has 0 bridgehead atoms. The van der Waals surface area contributed by atoms with Gasteiger partial charge in [0.1, 0.15) is 11.6 Å². The number of rotatable bonds is 5. The average Bonchev–Trinajstić information content (AvgIpc) is 2.85. The molecule has 0 saturated heterocycles. The van der Waals surface area contributed by atoms with E-state index in [1.54, 1.807) is 4.68 Å². The van der Waals surface area contributed by atoms with Crippen molar-refractivity contribution in [1.82, 2.24) is 14.8 Å². The van der Waals surface area contributed by atoms with Crippen LogP contribution >= 0.6 is 0 Å². The molecule has 0 atom stereocenters. The number of nitrogens with zero attached hydrogens (tertiary/aromatic N) is 3. The number of carboxylic acids is 1. The van der Waals surface area contributed by atoms with Gasteiger partial charge in [-0.05, 0) is 31.2 Å². The summed E-state index contributed by atoms with van der Waals surface area (Å²) >= 11 is 0. The number of hydrogen-bond donors (Lipinski definition) is 1. The number of hydrogen-bond acceptors (Lipinski definition) is 4. The Balaban J connectivity index is 2.42. The van der Waals surface area contributed by atoms with Gasteiger partial charge < -0.3 is 9.84 Å². The van der Waals surface area contributed by atoms with Crippen LogP contribution in [0.2, 0.25) is 0 Å². The fourth-order valence-electron chi connectivity index (χ4n) is 1.83. The van der Waals surface area contributed by atoms with Gasteiger partial charge in [-0.15, -0.1) is 5.10 Å². The van der Waals surface area contributed by atoms with Crippen molar-refractivity contribution >= 4 is 5.97 Å². The predicted octanol–water partition coefficient (Wildman–Crippen LogP) is 2.49. The van der Waals surface area contributed by atoms with Gasteiger partial charge in [0.05, 0.1) is 12.3 Å². The summed E-state index contributed by atoms with van der Waals surface area (Å²) in [5.41, 5.74) is 0.761. The lowest BCUT2D eigenvalue weighted by Crippen LogP contribution is -2.05. The molecule has 0 fully saturated rings. The molecule has 20 heavy (non-hydrogen) atoms. The zero-order valence-corrected chi connectivity index (χ0v) is 11.7. The molecule has 0 aliphatic carbocycles. The minimum Gasteiger partial charge on any atom is -0.494 e. The quantitative estimate of drug-likeness (QED) is 0.907. The number of aromatic nitrogens is 3. The molecular formula is C14H17N3O3. The smallest absolute Gasteiger partial charge is 0.375 e. The summed E-state index contributed by atoms with van der Waals surface area (Å²) in [6.07, 6.45) is 0. The summed E-state index contributed by atoms with van der Waals surface area (Å²) in [5, 5.41) is 13.0. The third kappa shape index (κ3) is 2.79. The van der Waals surface area contributed by atoms with Crippen LogP contribution in [-0.4, -0.2) is 32.4 Å². The second-order valence-electron chi connectivity index (χ2n) is 4.59. The minimum atomic E-state index is -1.13. The topological polar surface area (TPSA) is 77.2 Å². The molecule has 0 radical (unpaired) electrons. The van der Waals surface area contributed by atoms with Crippen LogP contribution in [-0.2, 0) is 0 Å². The molecule has 1 N–H and O–H groups in total. The van der Waals surface area contributed by atoms with E-state index >= 15 is 0 Å². The van der Waals surface area contributed by atoms with Crippen LogP contribution in [0.15, 0.2) is 24.3 Å². The maximum absolute atomic E-state index is 11.0. The molecule has 0 aliphatic heterocycles. The van der Waals surface area contributed by atoms with Crippen LogP contribution in [0.4, 0.5) is 0 Å². The van der Waals surface area contributed by atoms with Gasteiger partial charge in [-0.3, -0.25) is 0 Å². The molecule has 0 spiro atoms. The third-order valence-electron chi connectivity index (χ3n) is 2.73. The normalized spacial score (nSPS) is 10.8. The van der Waals surface area contributed by atoms with Gasteiger partial charge >= 0.3 is 5.97 Å². The first kappa shape index (κ1) is 14.0. The number of carboxylic acid groups (broad SMARTS) is 1. The molecule has 0 unspecified atom stereocenters. The molecule has 2 rings (SSSR count). The van der Waals surface area contributed by atoms with Gasteiger partial charge in [-0.2, -0.15) is 0 Å². The van der Waals surface area contributed by atoms with E-state index in [0.717, 1.165) is 11.4 Å². The summed E-state index contributed by atoms with van der Waals surface area (Å²) in [4.78, 5) is 15.1. The van der Waals surface area contributed by atoms with Gasteiger partial charge in [0, 0.05) is 5.92 Å². The van der Waals surface area contributed by atoms with Crippen molar-refractivity contribution in [2.75, 3.05) is 6.61 Å². The van der Waals surface area contributed by atoms with Crippen molar-refractivity contribution in [2.45, 2.75) is 26.7 Å². The Kier molecular flexibility index (Phi) is 4.02. The molecule has 1 heterocycles. The molecule has 1 aromatic carbocycles. The van der Waals surface area contributed by atoms with Crippen LogP contribution in [0.1, 0.15) is 43.1 Å². The molecule has 1 aromatic heterocycles. The predicted molar refractivity (Wildman–Crippen MR) is 73.6 cm³/mol. The summed E-state index contributed by atoms with van der Waals surface area (Å²) in [7, 11) is 0. The highest BCUT2D eigenvalue weighted by Crippen LogP contribution is 2.20. The zero-order chi connectivity index (χ0) is 14.7. The van der Waals surface area contributed by atoms with Crippen molar-refractivity contribution in [3.8, 4) is 11.4 Å². The lowest BCUT2D eigenvalue weighted by atomic mass is 10.2. The van der Waals surface area contributed by atoms with E-state index in [0.29, 0.717) is 12.4 Å². The summed E-state index contributed by atoms with van der Waals surface area (Å²) < 4.78 is 6.94. The van der Waals surface area contributed by atoms with E-state index in [4.69, 9.17) is 9.84 Å². The standard InChI is InChI=1S/C14H17N3O3/c1-4-20-11-7-5-10(6-8-11)17-13(9(2)3)15-12(16-17)14(18)19/h5-9H,4H2,1-3H3,(H,18,19). The van der Waals surface area contributed by atoms with E-state index in [2.05, 4.69) is 10.1 Å². The number of ether oxygens (including phenoxy) is 1. The fourth-order valence-corrected chi connectivity index (χ4v) is 1.83. The molecule has 6 nitrogen and oxygen atoms in total. The Hall–Kier alpha value is -2.37. The third-order valence-corrected chi connectivity index (χ3v) is 2.73. The molecule has 0 amide bonds. The summed E-state index contributed by atoms with van der Waals surface area (Å²) in [6.45, 7) is 6.41. The molecule has 2 aromatic rings. The van der Waals surface area contributed by atoms with Gasteiger partial charge in [0.2, 0.25) is 0 Å². The van der Waals surface area contributed by atoms with Crippen molar-refractivity contribution in [2.24, 2.45) is 0 Å². The van der Waals surface area contributed by atoms with Crippen LogP contribution in [0, 0.1) is 0 Å². The van der Waals surface area contributed by atoms with E-state index in [-0.39, 0.29) is 11.7 Å². The maximum atomic E-state index is 11.0. The Morgan fingerprint density at radius 2 is 2.00 bits per heavy atom. The van der Waals surface area contributed by atoms with Crippen LogP contribution in [0.5, 0.6) is 5.75 Å². The van der Waals surface area contributed by atoms with Gasteiger partial charge in [-0.25, -0.2) is 14.5 Å². The van der Waals surface area contributed by atoms with E-state index in [1.807, 2.05) is 45.0 Å². The monoisotopic (exact) mass is 275 g/mol. The van der Waals surface area contributed by atoms with Crippen LogP contribution < -0.4 is 4.74 Å². The number of benzene rings is 1. The second-order valence-corrected chi connectivity index (χ2v) is 4.59. The van der Waals surface area contributed by atoms with Crippen LogP contribution in [0.25, 0.3) is 5.69 Å². The minimum absolute atomic E-state index is 0.0715. The molecule has 0 saturated carbocycles. The first-order valence-corrected chi connectivity index (χ1v) is 6.46. The summed E-state index contributed by atoms with van der Waals surface area (Å²) in [5.74, 6) is 0.133. The lowest BCUT2D eigenvalue weighted by molar-refractivity contribution is 0.0683. The first-order chi connectivity index (χ1) is 9.52. The molecule has 106 valence electrons. The van der Waals surface area contributed by atoms with Crippen molar-refractivity contribution in [3.63, 3.8) is 0 Å². The zero-order valence-electron chi connectivity index (χ0n) is 11.7. The Morgan fingerprint density at radius 3 is 2.50 bits per heavy atom. The number of carbonyl (C=O) groups is 1. The largest absolute Gasteiger partial charge is 0.494 e. The Morgan fingerprint density at radius 1 is 1.35 bits per heavy atom. The van der Waals surface area contributed by atoms with Gasteiger partial charge in [0.25, 0.3) is 5.82 Å².